The third-order valence-corrected chi connectivity index (χ3v) is 5.30. The predicted molar refractivity (Wildman–Crippen MR) is 94.9 cm³/mol. The van der Waals surface area contributed by atoms with Gasteiger partial charge in [0, 0.05) is 18.8 Å². The first kappa shape index (κ1) is 17.6. The Balaban J connectivity index is 1.92. The maximum atomic E-state index is 12.1. The van der Waals surface area contributed by atoms with Crippen LogP contribution in [0.5, 0.6) is 0 Å². The number of ether oxygens (including phenoxy) is 1. The van der Waals surface area contributed by atoms with Gasteiger partial charge in [0.25, 0.3) is 0 Å². The van der Waals surface area contributed by atoms with Crippen molar-refractivity contribution < 1.29 is 9.53 Å². The molecule has 0 aromatic carbocycles. The van der Waals surface area contributed by atoms with Crippen LogP contribution in [0, 0.1) is 16.4 Å². The second kappa shape index (κ2) is 6.76. The van der Waals surface area contributed by atoms with Crippen LogP contribution in [0.3, 0.4) is 0 Å². The molecule has 0 bridgehead atoms. The van der Waals surface area contributed by atoms with Gasteiger partial charge >= 0.3 is 6.09 Å². The van der Waals surface area contributed by atoms with Crippen LogP contribution in [0.15, 0.2) is 6.20 Å². The molecule has 5 nitrogen and oxygen atoms in total. The van der Waals surface area contributed by atoms with Crippen molar-refractivity contribution in [2.75, 3.05) is 13.1 Å². The fourth-order valence-corrected chi connectivity index (χ4v) is 3.28. The van der Waals surface area contributed by atoms with Crippen molar-refractivity contribution in [3.63, 3.8) is 0 Å². The highest BCUT2D eigenvalue weighted by atomic mass is 127. The van der Waals surface area contributed by atoms with E-state index in [1.54, 1.807) is 0 Å². The van der Waals surface area contributed by atoms with Gasteiger partial charge in [-0.2, -0.15) is 5.10 Å². The number of aromatic nitrogens is 2. The lowest BCUT2D eigenvalue weighted by molar-refractivity contribution is 0.0163. The van der Waals surface area contributed by atoms with Crippen LogP contribution in [-0.2, 0) is 4.74 Å². The van der Waals surface area contributed by atoms with Gasteiger partial charge in [-0.25, -0.2) is 4.79 Å². The zero-order valence-corrected chi connectivity index (χ0v) is 16.3. The van der Waals surface area contributed by atoms with E-state index in [-0.39, 0.29) is 6.09 Å². The average molecular weight is 419 g/mol. The molecule has 2 heterocycles. The molecular weight excluding hydrogens is 393 g/mol. The summed E-state index contributed by atoms with van der Waals surface area (Å²) >= 11 is 2.32. The van der Waals surface area contributed by atoms with Crippen LogP contribution >= 0.6 is 22.6 Å². The number of nitrogens with zero attached hydrogens (tertiary/aromatic N) is 3. The van der Waals surface area contributed by atoms with E-state index in [1.165, 1.54) is 9.26 Å². The molecule has 0 saturated carbocycles. The van der Waals surface area contributed by atoms with Crippen molar-refractivity contribution in [3.8, 4) is 0 Å². The van der Waals surface area contributed by atoms with Gasteiger partial charge in [0.15, 0.2) is 0 Å². The number of piperidine rings is 1. The van der Waals surface area contributed by atoms with Gasteiger partial charge in [0.2, 0.25) is 0 Å². The lowest BCUT2D eigenvalue weighted by Crippen LogP contribution is -2.42. The number of rotatable bonds is 2. The van der Waals surface area contributed by atoms with Crippen molar-refractivity contribution in [2.24, 2.45) is 5.92 Å². The number of halogens is 1. The Kier molecular flexibility index (Phi) is 5.40. The third kappa shape index (κ3) is 4.14. The summed E-state index contributed by atoms with van der Waals surface area (Å²) in [4.78, 5) is 13.9. The lowest BCUT2D eigenvalue weighted by atomic mass is 9.90. The highest BCUT2D eigenvalue weighted by Gasteiger charge is 2.30. The Morgan fingerprint density at radius 3 is 2.45 bits per heavy atom. The van der Waals surface area contributed by atoms with Gasteiger partial charge in [-0.05, 0) is 76.0 Å². The van der Waals surface area contributed by atoms with E-state index in [4.69, 9.17) is 4.74 Å². The Labute approximate surface area is 146 Å². The van der Waals surface area contributed by atoms with Crippen LogP contribution in [0.1, 0.15) is 52.3 Å². The Morgan fingerprint density at radius 1 is 1.41 bits per heavy atom. The SMILES string of the molecule is Cc1c(I)cnn1[C@@H](C)C1CCN(C(=O)OC(C)(C)C)CC1. The molecule has 1 aliphatic rings. The molecule has 0 aliphatic carbocycles. The average Bonchev–Trinajstić information content (AvgIpc) is 2.76. The van der Waals surface area contributed by atoms with Gasteiger partial charge in [-0.3, -0.25) is 4.68 Å². The number of carbonyl (C=O) groups is 1. The standard InChI is InChI=1S/C16H26IN3O2/c1-11(20-12(2)14(17)10-18-20)13-6-8-19(9-7-13)15(21)22-16(3,4)5/h10-11,13H,6-9H2,1-5H3/t11-/m0/s1. The molecule has 2 rings (SSSR count). The fraction of sp³-hybridized carbons (Fsp3) is 0.750. The minimum Gasteiger partial charge on any atom is -0.444 e. The highest BCUT2D eigenvalue weighted by Crippen LogP contribution is 2.30. The lowest BCUT2D eigenvalue weighted by Gasteiger charge is -2.36. The van der Waals surface area contributed by atoms with Crippen molar-refractivity contribution in [2.45, 2.75) is 59.1 Å². The minimum absolute atomic E-state index is 0.191. The number of amides is 1. The Bertz CT molecular complexity index is 528. The van der Waals surface area contributed by atoms with E-state index in [0.29, 0.717) is 12.0 Å². The normalized spacial score (nSPS) is 18.4. The molecule has 1 amide bonds. The summed E-state index contributed by atoms with van der Waals surface area (Å²) in [6, 6.07) is 0.365. The second-order valence-electron chi connectivity index (χ2n) is 7.07. The van der Waals surface area contributed by atoms with Crippen molar-refractivity contribution in [1.82, 2.24) is 14.7 Å². The smallest absolute Gasteiger partial charge is 0.410 e. The summed E-state index contributed by atoms with van der Waals surface area (Å²) in [6.45, 7) is 11.6. The molecule has 1 aromatic rings. The minimum atomic E-state index is -0.427. The zero-order chi connectivity index (χ0) is 16.5. The van der Waals surface area contributed by atoms with Gasteiger partial charge in [0.1, 0.15) is 5.60 Å². The van der Waals surface area contributed by atoms with Crippen LogP contribution in [0.4, 0.5) is 4.79 Å². The monoisotopic (exact) mass is 419 g/mol. The molecule has 0 spiro atoms. The fourth-order valence-electron chi connectivity index (χ4n) is 2.90. The maximum Gasteiger partial charge on any atom is 0.410 e. The van der Waals surface area contributed by atoms with Gasteiger partial charge < -0.3 is 9.64 Å². The molecule has 124 valence electrons. The van der Waals surface area contributed by atoms with E-state index in [1.807, 2.05) is 31.9 Å². The summed E-state index contributed by atoms with van der Waals surface area (Å²) < 4.78 is 8.77. The largest absolute Gasteiger partial charge is 0.444 e. The zero-order valence-electron chi connectivity index (χ0n) is 14.1. The van der Waals surface area contributed by atoms with Gasteiger partial charge in [-0.1, -0.05) is 0 Å². The molecule has 6 heteroatoms. The van der Waals surface area contributed by atoms with Crippen molar-refractivity contribution in [1.29, 1.82) is 0 Å². The van der Waals surface area contributed by atoms with Crippen LogP contribution in [0.25, 0.3) is 0 Å². The van der Waals surface area contributed by atoms with Crippen LogP contribution in [0.2, 0.25) is 0 Å². The van der Waals surface area contributed by atoms with Crippen molar-refractivity contribution >= 4 is 28.7 Å². The van der Waals surface area contributed by atoms with E-state index < -0.39 is 5.60 Å². The van der Waals surface area contributed by atoms with Gasteiger partial charge in [-0.15, -0.1) is 0 Å². The summed E-state index contributed by atoms with van der Waals surface area (Å²) in [5.41, 5.74) is 0.798. The quantitative estimate of drug-likeness (QED) is 0.681. The van der Waals surface area contributed by atoms with E-state index in [9.17, 15) is 4.79 Å². The molecule has 22 heavy (non-hydrogen) atoms. The molecule has 0 radical (unpaired) electrons. The topological polar surface area (TPSA) is 47.4 Å². The molecule has 0 N–H and O–H groups in total. The molecule has 1 saturated heterocycles. The molecule has 1 atom stereocenters. The van der Waals surface area contributed by atoms with E-state index in [0.717, 1.165) is 25.9 Å². The maximum absolute atomic E-state index is 12.1. The molecule has 1 fully saturated rings. The summed E-state index contributed by atoms with van der Waals surface area (Å²) in [7, 11) is 0. The first-order valence-corrected chi connectivity index (χ1v) is 8.94. The molecule has 1 aliphatic heterocycles. The van der Waals surface area contributed by atoms with Gasteiger partial charge in [0.05, 0.1) is 15.8 Å². The number of hydrogen-bond donors (Lipinski definition) is 0. The molecule has 0 unspecified atom stereocenters. The second-order valence-corrected chi connectivity index (χ2v) is 8.23. The summed E-state index contributed by atoms with van der Waals surface area (Å²) in [5.74, 6) is 0.549. The van der Waals surface area contributed by atoms with Crippen molar-refractivity contribution in [3.05, 3.63) is 15.5 Å². The third-order valence-electron chi connectivity index (χ3n) is 4.24. The van der Waals surface area contributed by atoms with Crippen LogP contribution in [-0.4, -0.2) is 39.5 Å². The Morgan fingerprint density at radius 2 is 2.00 bits per heavy atom. The summed E-state index contributed by atoms with van der Waals surface area (Å²) in [6.07, 6.45) is 3.72. The first-order chi connectivity index (χ1) is 10.2. The van der Waals surface area contributed by atoms with E-state index in [2.05, 4.69) is 46.2 Å². The van der Waals surface area contributed by atoms with Crippen LogP contribution < -0.4 is 0 Å². The van der Waals surface area contributed by atoms with E-state index >= 15 is 0 Å². The number of likely N-dealkylation sites (tertiary alicyclic amines) is 1. The molecular formula is C16H26IN3O2. The number of carbonyl (C=O) groups excluding carboxylic acids is 1. The first-order valence-electron chi connectivity index (χ1n) is 7.86. The Hall–Kier alpha value is -0.790. The summed E-state index contributed by atoms with van der Waals surface area (Å²) in [5, 5.41) is 4.50. The predicted octanol–water partition coefficient (Wildman–Crippen LogP) is 4.00. The molecule has 1 aromatic heterocycles. The number of hydrogen-bond acceptors (Lipinski definition) is 3. The highest BCUT2D eigenvalue weighted by molar-refractivity contribution is 14.1.